The first-order chi connectivity index (χ1) is 11.3. The lowest BCUT2D eigenvalue weighted by molar-refractivity contribution is 0.0650. The zero-order valence-electron chi connectivity index (χ0n) is 15.1. The summed E-state index contributed by atoms with van der Waals surface area (Å²) in [5, 5.41) is 26.6. The van der Waals surface area contributed by atoms with Crippen LogP contribution in [0.4, 0.5) is 0 Å². The van der Waals surface area contributed by atoms with Gasteiger partial charge in [0.15, 0.2) is 0 Å². The summed E-state index contributed by atoms with van der Waals surface area (Å²) in [4.78, 5) is 22.7. The lowest BCUT2D eigenvalue weighted by Crippen LogP contribution is -2.14. The van der Waals surface area contributed by atoms with Gasteiger partial charge in [-0.25, -0.2) is 9.59 Å². The van der Waals surface area contributed by atoms with E-state index < -0.39 is 11.9 Å². The molecule has 1 aromatic carbocycles. The number of aromatic carboxylic acids is 2. The Balaban J connectivity index is 0.00000118. The lowest BCUT2D eigenvalue weighted by Gasteiger charge is -2.14. The van der Waals surface area contributed by atoms with Crippen LogP contribution in [0.25, 0.3) is 0 Å². The van der Waals surface area contributed by atoms with E-state index in [-0.39, 0.29) is 17.2 Å². The minimum atomic E-state index is -1.18. The van der Waals surface area contributed by atoms with Crippen molar-refractivity contribution in [2.24, 2.45) is 0 Å². The Morgan fingerprint density at radius 1 is 0.958 bits per heavy atom. The molecule has 0 bridgehead atoms. The second-order valence-electron chi connectivity index (χ2n) is 6.04. The maximum Gasteiger partial charge on any atom is 0.336 e. The van der Waals surface area contributed by atoms with Crippen molar-refractivity contribution in [3.8, 4) is 0 Å². The van der Waals surface area contributed by atoms with Gasteiger partial charge in [0, 0.05) is 6.10 Å². The summed E-state index contributed by atoms with van der Waals surface area (Å²) in [6, 6.07) is 3.20. The van der Waals surface area contributed by atoms with Gasteiger partial charge < -0.3 is 15.3 Å². The maximum atomic E-state index is 11.5. The van der Waals surface area contributed by atoms with Gasteiger partial charge in [0.25, 0.3) is 0 Å². The van der Waals surface area contributed by atoms with Crippen molar-refractivity contribution in [3.63, 3.8) is 0 Å². The van der Waals surface area contributed by atoms with E-state index in [9.17, 15) is 14.7 Å². The summed E-state index contributed by atoms with van der Waals surface area (Å²) in [6.07, 6.45) is 5.07. The SMILES string of the molecule is CC(C)O.CCCCc1ccc(C(=O)O)c(C(=O)O)c1CCCC. The number of carbonyl (C=O) groups is 2. The zero-order valence-corrected chi connectivity index (χ0v) is 15.1. The Kier molecular flexibility index (Phi) is 10.7. The summed E-state index contributed by atoms with van der Waals surface area (Å²) in [7, 11) is 0. The molecule has 136 valence electrons. The molecule has 0 fully saturated rings. The smallest absolute Gasteiger partial charge is 0.336 e. The summed E-state index contributed by atoms with van der Waals surface area (Å²) in [5.41, 5.74) is 1.54. The molecule has 5 heteroatoms. The predicted molar refractivity (Wildman–Crippen MR) is 94.9 cm³/mol. The Bertz CT molecular complexity index is 532. The molecule has 0 heterocycles. The molecule has 0 atom stereocenters. The van der Waals surface area contributed by atoms with Crippen LogP contribution in [0.3, 0.4) is 0 Å². The number of benzene rings is 1. The highest BCUT2D eigenvalue weighted by atomic mass is 16.4. The van der Waals surface area contributed by atoms with Crippen molar-refractivity contribution in [1.29, 1.82) is 0 Å². The molecular formula is C19H30O5. The maximum absolute atomic E-state index is 11.5. The topological polar surface area (TPSA) is 94.8 Å². The van der Waals surface area contributed by atoms with Crippen LogP contribution in [-0.4, -0.2) is 33.4 Å². The van der Waals surface area contributed by atoms with Crippen LogP contribution >= 0.6 is 0 Å². The molecule has 24 heavy (non-hydrogen) atoms. The van der Waals surface area contributed by atoms with Crippen molar-refractivity contribution in [1.82, 2.24) is 0 Å². The van der Waals surface area contributed by atoms with Gasteiger partial charge in [-0.1, -0.05) is 32.8 Å². The quantitative estimate of drug-likeness (QED) is 0.661. The van der Waals surface area contributed by atoms with Crippen LogP contribution in [0.1, 0.15) is 85.2 Å². The number of hydrogen-bond donors (Lipinski definition) is 3. The summed E-state index contributed by atoms with van der Waals surface area (Å²) in [5.74, 6) is -2.32. The molecule has 1 aromatic rings. The van der Waals surface area contributed by atoms with E-state index in [0.29, 0.717) is 12.0 Å². The molecule has 0 amide bonds. The molecule has 3 N–H and O–H groups in total. The molecule has 5 nitrogen and oxygen atoms in total. The summed E-state index contributed by atoms with van der Waals surface area (Å²) < 4.78 is 0. The van der Waals surface area contributed by atoms with Crippen molar-refractivity contribution < 1.29 is 24.9 Å². The summed E-state index contributed by atoms with van der Waals surface area (Å²) in [6.45, 7) is 7.56. The van der Waals surface area contributed by atoms with Crippen molar-refractivity contribution >= 4 is 11.9 Å². The lowest BCUT2D eigenvalue weighted by atomic mass is 9.90. The number of aryl methyl sites for hydroxylation is 1. The fourth-order valence-electron chi connectivity index (χ4n) is 2.35. The second kappa shape index (κ2) is 11.6. The normalized spacial score (nSPS) is 10.2. The van der Waals surface area contributed by atoms with Gasteiger partial charge in [-0.3, -0.25) is 0 Å². The van der Waals surface area contributed by atoms with Gasteiger partial charge >= 0.3 is 11.9 Å². The molecule has 0 aromatic heterocycles. The zero-order chi connectivity index (χ0) is 18.7. The number of carboxylic acids is 2. The first kappa shape index (κ1) is 22.1. The van der Waals surface area contributed by atoms with Crippen molar-refractivity contribution in [2.45, 2.75) is 72.3 Å². The molecule has 0 spiro atoms. The third-order valence-electron chi connectivity index (χ3n) is 3.43. The molecule has 0 aliphatic rings. The minimum absolute atomic E-state index is 0.0282. The van der Waals surface area contributed by atoms with Crippen LogP contribution in [0.15, 0.2) is 12.1 Å². The van der Waals surface area contributed by atoms with Crippen LogP contribution < -0.4 is 0 Å². The van der Waals surface area contributed by atoms with Gasteiger partial charge in [-0.05, 0) is 56.7 Å². The predicted octanol–water partition coefficient (Wildman–Crippen LogP) is 4.16. The summed E-state index contributed by atoms with van der Waals surface area (Å²) >= 11 is 0. The third-order valence-corrected chi connectivity index (χ3v) is 3.43. The Labute approximate surface area is 144 Å². The van der Waals surface area contributed by atoms with E-state index in [0.717, 1.165) is 37.7 Å². The average molecular weight is 338 g/mol. The molecule has 0 aliphatic carbocycles. The number of unbranched alkanes of at least 4 members (excludes halogenated alkanes) is 2. The van der Waals surface area contributed by atoms with Gasteiger partial charge in [0.2, 0.25) is 0 Å². The van der Waals surface area contributed by atoms with E-state index >= 15 is 0 Å². The van der Waals surface area contributed by atoms with Crippen LogP contribution in [0.5, 0.6) is 0 Å². The highest BCUT2D eigenvalue weighted by Gasteiger charge is 2.22. The first-order valence-corrected chi connectivity index (χ1v) is 8.55. The third kappa shape index (κ3) is 7.59. The first-order valence-electron chi connectivity index (χ1n) is 8.55. The van der Waals surface area contributed by atoms with E-state index in [1.165, 1.54) is 6.07 Å². The van der Waals surface area contributed by atoms with E-state index in [1.807, 2.05) is 6.92 Å². The van der Waals surface area contributed by atoms with Crippen LogP contribution in [0, 0.1) is 0 Å². The molecular weight excluding hydrogens is 308 g/mol. The Morgan fingerprint density at radius 2 is 1.46 bits per heavy atom. The number of aliphatic hydroxyl groups excluding tert-OH is 1. The molecule has 0 unspecified atom stereocenters. The van der Waals surface area contributed by atoms with Crippen LogP contribution in [0.2, 0.25) is 0 Å². The highest BCUT2D eigenvalue weighted by molar-refractivity contribution is 6.03. The highest BCUT2D eigenvalue weighted by Crippen LogP contribution is 2.24. The molecule has 0 saturated heterocycles. The van der Waals surface area contributed by atoms with Gasteiger partial charge in [0.1, 0.15) is 0 Å². The number of rotatable bonds is 8. The number of carboxylic acid groups (broad SMARTS) is 2. The molecule has 1 rings (SSSR count). The van der Waals surface area contributed by atoms with E-state index in [2.05, 4.69) is 6.92 Å². The van der Waals surface area contributed by atoms with Gasteiger partial charge in [-0.2, -0.15) is 0 Å². The minimum Gasteiger partial charge on any atom is -0.478 e. The van der Waals surface area contributed by atoms with E-state index in [1.54, 1.807) is 19.9 Å². The fraction of sp³-hybridized carbons (Fsp3) is 0.579. The molecule has 0 saturated carbocycles. The van der Waals surface area contributed by atoms with E-state index in [4.69, 9.17) is 10.2 Å². The molecule has 0 radical (unpaired) electrons. The van der Waals surface area contributed by atoms with Crippen LogP contribution in [-0.2, 0) is 12.8 Å². The monoisotopic (exact) mass is 338 g/mol. The largest absolute Gasteiger partial charge is 0.478 e. The van der Waals surface area contributed by atoms with Gasteiger partial charge in [-0.15, -0.1) is 0 Å². The Hall–Kier alpha value is -1.88. The van der Waals surface area contributed by atoms with Crippen molar-refractivity contribution in [2.75, 3.05) is 0 Å². The fourth-order valence-corrected chi connectivity index (χ4v) is 2.35. The van der Waals surface area contributed by atoms with Crippen molar-refractivity contribution in [3.05, 3.63) is 34.4 Å². The second-order valence-corrected chi connectivity index (χ2v) is 6.04. The number of aliphatic hydroxyl groups is 1. The molecule has 0 aliphatic heterocycles. The van der Waals surface area contributed by atoms with Gasteiger partial charge in [0.05, 0.1) is 11.1 Å². The Morgan fingerprint density at radius 3 is 1.88 bits per heavy atom. The number of hydrogen-bond acceptors (Lipinski definition) is 3. The average Bonchev–Trinajstić information content (AvgIpc) is 2.49. The standard InChI is InChI=1S/C16H22O4.C3H8O/c1-3-5-7-11-9-10-13(15(17)18)14(16(19)20)12(11)8-6-4-2;1-3(2)4/h9-10H,3-8H2,1-2H3,(H,17,18)(H,19,20);3-4H,1-2H3.